The van der Waals surface area contributed by atoms with Crippen molar-refractivity contribution in [3.05, 3.63) is 59.2 Å². The van der Waals surface area contributed by atoms with Gasteiger partial charge in [-0.05, 0) is 63.4 Å². The van der Waals surface area contributed by atoms with Gasteiger partial charge in [-0.2, -0.15) is 0 Å². The number of hydrogen-bond donors (Lipinski definition) is 1. The summed E-state index contributed by atoms with van der Waals surface area (Å²) in [4.78, 5) is 22.6. The summed E-state index contributed by atoms with van der Waals surface area (Å²) in [7, 11) is 0. The summed E-state index contributed by atoms with van der Waals surface area (Å²) in [5.74, 6) is 0.0307. The number of nitrogens with zero attached hydrogens (tertiary/aromatic N) is 3. The van der Waals surface area contributed by atoms with E-state index in [9.17, 15) is 4.79 Å². The number of hydrogen-bond acceptors (Lipinski definition) is 4. The Balaban J connectivity index is 2.06. The number of aromatic nitrogens is 2. The van der Waals surface area contributed by atoms with Crippen LogP contribution < -0.4 is 5.32 Å². The summed E-state index contributed by atoms with van der Waals surface area (Å²) in [6, 6.07) is 8.44. The lowest BCUT2D eigenvalue weighted by Crippen LogP contribution is -2.30. The van der Waals surface area contributed by atoms with Gasteiger partial charge in [0, 0.05) is 38.4 Å². The molecule has 5 nitrogen and oxygen atoms in total. The number of amides is 1. The van der Waals surface area contributed by atoms with Gasteiger partial charge in [0.05, 0.1) is 11.4 Å². The van der Waals surface area contributed by atoms with Gasteiger partial charge in [0.1, 0.15) is 0 Å². The minimum Gasteiger partial charge on any atom is -0.356 e. The van der Waals surface area contributed by atoms with Crippen LogP contribution in [0.15, 0.2) is 36.7 Å². The van der Waals surface area contributed by atoms with Gasteiger partial charge in [-0.15, -0.1) is 0 Å². The van der Waals surface area contributed by atoms with E-state index >= 15 is 0 Å². The van der Waals surface area contributed by atoms with E-state index in [0.29, 0.717) is 0 Å². The zero-order valence-corrected chi connectivity index (χ0v) is 16.3. The van der Waals surface area contributed by atoms with Crippen LogP contribution in [-0.4, -0.2) is 33.9 Å². The fourth-order valence-corrected chi connectivity index (χ4v) is 3.03. The predicted octanol–water partition coefficient (Wildman–Crippen LogP) is 3.57. The number of aryl methyl sites for hydroxylation is 2. The average molecular weight is 354 g/mol. The molecule has 0 bridgehead atoms. The fraction of sp³-hybridized carbons (Fsp3) is 0.476. The number of nitrogens with one attached hydrogen (secondary N) is 1. The van der Waals surface area contributed by atoms with E-state index in [1.807, 2.05) is 24.5 Å². The summed E-state index contributed by atoms with van der Waals surface area (Å²) < 4.78 is 0. The van der Waals surface area contributed by atoms with Crippen molar-refractivity contribution in [3.63, 3.8) is 0 Å². The molecule has 0 saturated carbocycles. The molecule has 5 heteroatoms. The highest BCUT2D eigenvalue weighted by Gasteiger charge is 2.18. The van der Waals surface area contributed by atoms with Gasteiger partial charge < -0.3 is 5.32 Å². The van der Waals surface area contributed by atoms with Gasteiger partial charge in [0.15, 0.2) is 0 Å². The smallest absolute Gasteiger partial charge is 0.216 e. The van der Waals surface area contributed by atoms with E-state index in [1.165, 1.54) is 11.1 Å². The van der Waals surface area contributed by atoms with E-state index in [2.05, 4.69) is 53.1 Å². The van der Waals surface area contributed by atoms with Crippen LogP contribution in [-0.2, 0) is 11.3 Å². The third-order valence-electron chi connectivity index (χ3n) is 4.59. The van der Waals surface area contributed by atoms with E-state index in [0.717, 1.165) is 43.9 Å². The molecule has 140 valence electrons. The van der Waals surface area contributed by atoms with E-state index in [4.69, 9.17) is 0 Å². The Kier molecular flexibility index (Phi) is 7.73. The molecule has 2 aromatic heterocycles. The van der Waals surface area contributed by atoms with Crippen LogP contribution in [0.25, 0.3) is 0 Å². The van der Waals surface area contributed by atoms with Gasteiger partial charge >= 0.3 is 0 Å². The molecule has 0 aromatic carbocycles. The maximum absolute atomic E-state index is 11.0. The molecule has 1 N–H and O–H groups in total. The maximum Gasteiger partial charge on any atom is 0.216 e. The lowest BCUT2D eigenvalue weighted by Gasteiger charge is -2.29. The third kappa shape index (κ3) is 6.23. The molecule has 1 amide bonds. The summed E-state index contributed by atoms with van der Waals surface area (Å²) in [5, 5.41) is 2.86. The number of carbonyl (C=O) groups excluding carboxylic acids is 1. The molecule has 0 radical (unpaired) electrons. The summed E-state index contributed by atoms with van der Waals surface area (Å²) in [6.07, 6.45) is 5.76. The minimum absolute atomic E-state index is 0.0307. The molecular formula is C21H30N4O. The van der Waals surface area contributed by atoms with Crippen LogP contribution in [0.4, 0.5) is 0 Å². The van der Waals surface area contributed by atoms with Crippen molar-refractivity contribution in [2.24, 2.45) is 0 Å². The van der Waals surface area contributed by atoms with Gasteiger partial charge in [0.2, 0.25) is 5.91 Å². The first-order valence-corrected chi connectivity index (χ1v) is 9.29. The van der Waals surface area contributed by atoms with Crippen LogP contribution in [0.5, 0.6) is 0 Å². The van der Waals surface area contributed by atoms with Crippen LogP contribution in [0.3, 0.4) is 0 Å². The highest BCUT2D eigenvalue weighted by atomic mass is 16.1. The Labute approximate surface area is 156 Å². The summed E-state index contributed by atoms with van der Waals surface area (Å²) in [6.45, 7) is 10.4. The van der Waals surface area contributed by atoms with Crippen LogP contribution in [0, 0.1) is 13.8 Å². The molecule has 2 heterocycles. The number of unbranched alkanes of at least 4 members (excludes halogenated alkanes) is 1. The molecule has 0 spiro atoms. The van der Waals surface area contributed by atoms with Crippen LogP contribution in [0.2, 0.25) is 0 Å². The second kappa shape index (κ2) is 10.0. The quantitative estimate of drug-likeness (QED) is 0.700. The third-order valence-corrected chi connectivity index (χ3v) is 4.59. The molecule has 0 fully saturated rings. The zero-order chi connectivity index (χ0) is 18.9. The first kappa shape index (κ1) is 20.0. The van der Waals surface area contributed by atoms with E-state index in [-0.39, 0.29) is 11.9 Å². The van der Waals surface area contributed by atoms with E-state index in [1.54, 1.807) is 6.92 Å². The SMILES string of the molecule is CC(=O)NCCCCN(Cc1ncc(C)cc1C)C(C)c1ccccn1. The van der Waals surface area contributed by atoms with Gasteiger partial charge in [0.25, 0.3) is 0 Å². The largest absolute Gasteiger partial charge is 0.356 e. The highest BCUT2D eigenvalue weighted by molar-refractivity contribution is 5.72. The molecular weight excluding hydrogens is 324 g/mol. The molecule has 0 saturated heterocycles. The van der Waals surface area contributed by atoms with Crippen molar-refractivity contribution in [2.75, 3.05) is 13.1 Å². The zero-order valence-electron chi connectivity index (χ0n) is 16.3. The van der Waals surface area contributed by atoms with E-state index < -0.39 is 0 Å². The standard InChI is InChI=1S/C21H30N4O/c1-16-13-17(2)21(24-14-16)15-25(12-8-7-10-22-19(4)26)18(3)20-9-5-6-11-23-20/h5-6,9,11,13-14,18H,7-8,10,12,15H2,1-4H3,(H,22,26). The molecule has 0 aliphatic carbocycles. The first-order valence-electron chi connectivity index (χ1n) is 9.29. The summed E-state index contributed by atoms with van der Waals surface area (Å²) in [5.41, 5.74) is 4.59. The Bertz CT molecular complexity index is 702. The number of rotatable bonds is 9. The minimum atomic E-state index is 0.0307. The van der Waals surface area contributed by atoms with Crippen molar-refractivity contribution >= 4 is 5.91 Å². The van der Waals surface area contributed by atoms with Crippen molar-refractivity contribution in [1.82, 2.24) is 20.2 Å². The summed E-state index contributed by atoms with van der Waals surface area (Å²) >= 11 is 0. The Hall–Kier alpha value is -2.27. The molecule has 2 rings (SSSR count). The predicted molar refractivity (Wildman–Crippen MR) is 105 cm³/mol. The lowest BCUT2D eigenvalue weighted by atomic mass is 10.1. The van der Waals surface area contributed by atoms with Crippen LogP contribution in [0.1, 0.15) is 55.2 Å². The lowest BCUT2D eigenvalue weighted by molar-refractivity contribution is -0.118. The molecule has 1 unspecified atom stereocenters. The first-order chi connectivity index (χ1) is 12.5. The Morgan fingerprint density at radius 3 is 2.69 bits per heavy atom. The molecule has 2 aromatic rings. The molecule has 1 atom stereocenters. The van der Waals surface area contributed by atoms with Gasteiger partial charge in [-0.3, -0.25) is 19.7 Å². The maximum atomic E-state index is 11.0. The fourth-order valence-electron chi connectivity index (χ4n) is 3.03. The van der Waals surface area contributed by atoms with Crippen molar-refractivity contribution in [3.8, 4) is 0 Å². The molecule has 26 heavy (non-hydrogen) atoms. The second-order valence-electron chi connectivity index (χ2n) is 6.87. The van der Waals surface area contributed by atoms with Crippen LogP contribution >= 0.6 is 0 Å². The van der Waals surface area contributed by atoms with Gasteiger partial charge in [-0.1, -0.05) is 12.1 Å². The normalized spacial score (nSPS) is 12.2. The monoisotopic (exact) mass is 354 g/mol. The average Bonchev–Trinajstić information content (AvgIpc) is 2.62. The number of pyridine rings is 2. The van der Waals surface area contributed by atoms with Gasteiger partial charge in [-0.25, -0.2) is 0 Å². The van der Waals surface area contributed by atoms with Crippen molar-refractivity contribution in [1.29, 1.82) is 0 Å². The topological polar surface area (TPSA) is 58.1 Å². The van der Waals surface area contributed by atoms with Crippen molar-refractivity contribution in [2.45, 2.75) is 53.1 Å². The highest BCUT2D eigenvalue weighted by Crippen LogP contribution is 2.22. The second-order valence-corrected chi connectivity index (χ2v) is 6.87. The number of carbonyl (C=O) groups is 1. The Morgan fingerprint density at radius 1 is 1.23 bits per heavy atom. The van der Waals surface area contributed by atoms with Crippen molar-refractivity contribution < 1.29 is 4.79 Å². The molecule has 0 aliphatic rings. The Morgan fingerprint density at radius 2 is 2.04 bits per heavy atom. The molecule has 0 aliphatic heterocycles.